The molecule has 0 saturated heterocycles. The average Bonchev–Trinajstić information content (AvgIpc) is 2.61. The molecule has 0 saturated carbocycles. The average molecular weight is 284 g/mol. The Kier molecular flexibility index (Phi) is 4.53. The lowest BCUT2D eigenvalue weighted by atomic mass is 10.2. The highest BCUT2D eigenvalue weighted by Crippen LogP contribution is 2.27. The molecule has 22 heavy (non-hydrogen) atoms. The largest absolute Gasteiger partial charge is 0.254 e. The van der Waals surface area contributed by atoms with Gasteiger partial charge in [-0.15, -0.1) is 0 Å². The molecule has 3 aromatic carbocycles. The summed E-state index contributed by atoms with van der Waals surface area (Å²) in [7, 11) is 0. The maximum atomic E-state index is 4.55. The Bertz CT molecular complexity index is 707. The molecule has 0 spiro atoms. The van der Waals surface area contributed by atoms with Crippen molar-refractivity contribution in [2.45, 2.75) is 0 Å². The van der Waals surface area contributed by atoms with Crippen molar-refractivity contribution >= 4 is 23.8 Å². The topological polar surface area (TPSA) is 24.7 Å². The van der Waals surface area contributed by atoms with Crippen molar-refractivity contribution in [3.63, 3.8) is 0 Å². The predicted molar refractivity (Wildman–Crippen MR) is 93.8 cm³/mol. The van der Waals surface area contributed by atoms with Crippen molar-refractivity contribution in [2.75, 3.05) is 0 Å². The van der Waals surface area contributed by atoms with Gasteiger partial charge in [0.2, 0.25) is 0 Å². The summed E-state index contributed by atoms with van der Waals surface area (Å²) >= 11 is 0. The second kappa shape index (κ2) is 7.14. The molecular weight excluding hydrogens is 268 g/mol. The smallest absolute Gasteiger partial charge is 0.0886 e. The van der Waals surface area contributed by atoms with Crippen LogP contribution in [0.3, 0.4) is 0 Å². The predicted octanol–water partition coefficient (Wildman–Crippen LogP) is 5.19. The van der Waals surface area contributed by atoms with E-state index in [9.17, 15) is 0 Å². The molecule has 0 atom stereocenters. The molecular formula is C20H16N2. The Morgan fingerprint density at radius 3 is 1.23 bits per heavy atom. The molecule has 0 N–H and O–H groups in total. The summed E-state index contributed by atoms with van der Waals surface area (Å²) in [5, 5.41) is 0. The van der Waals surface area contributed by atoms with Crippen molar-refractivity contribution < 1.29 is 0 Å². The van der Waals surface area contributed by atoms with E-state index < -0.39 is 0 Å². The Labute approximate surface area is 130 Å². The van der Waals surface area contributed by atoms with Crippen molar-refractivity contribution in [1.82, 2.24) is 0 Å². The quantitative estimate of drug-likeness (QED) is 0.589. The summed E-state index contributed by atoms with van der Waals surface area (Å²) in [5.74, 6) is 0. The lowest BCUT2D eigenvalue weighted by Crippen LogP contribution is -1.80. The van der Waals surface area contributed by atoms with Gasteiger partial charge in [0, 0.05) is 12.4 Å². The summed E-state index contributed by atoms with van der Waals surface area (Å²) in [6, 6.07) is 28.0. The minimum atomic E-state index is 0.860. The van der Waals surface area contributed by atoms with Crippen LogP contribution in [0.4, 0.5) is 11.4 Å². The summed E-state index contributed by atoms with van der Waals surface area (Å²) in [5.41, 5.74) is 3.87. The van der Waals surface area contributed by atoms with E-state index >= 15 is 0 Å². The molecule has 0 heterocycles. The van der Waals surface area contributed by atoms with Crippen LogP contribution in [-0.4, -0.2) is 12.4 Å². The molecule has 2 heteroatoms. The van der Waals surface area contributed by atoms with Crippen LogP contribution in [0, 0.1) is 0 Å². The monoisotopic (exact) mass is 284 g/mol. The van der Waals surface area contributed by atoms with Gasteiger partial charge in [0.1, 0.15) is 0 Å². The number of nitrogens with zero attached hydrogens (tertiary/aromatic N) is 2. The molecule has 0 bridgehead atoms. The number of benzene rings is 3. The van der Waals surface area contributed by atoms with Crippen LogP contribution in [0.25, 0.3) is 0 Å². The third kappa shape index (κ3) is 3.76. The molecule has 0 fully saturated rings. The zero-order valence-corrected chi connectivity index (χ0v) is 12.1. The van der Waals surface area contributed by atoms with Gasteiger partial charge in [-0.05, 0) is 23.3 Å². The first kappa shape index (κ1) is 14.0. The fraction of sp³-hybridized carbons (Fsp3) is 0. The first-order valence-electron chi connectivity index (χ1n) is 7.19. The van der Waals surface area contributed by atoms with Gasteiger partial charge >= 0.3 is 0 Å². The Morgan fingerprint density at radius 1 is 0.455 bits per heavy atom. The van der Waals surface area contributed by atoms with E-state index in [4.69, 9.17) is 0 Å². The maximum absolute atomic E-state index is 4.55. The van der Waals surface area contributed by atoms with E-state index in [0.29, 0.717) is 0 Å². The first-order chi connectivity index (χ1) is 10.9. The van der Waals surface area contributed by atoms with Gasteiger partial charge in [-0.1, -0.05) is 72.8 Å². The third-order valence-corrected chi connectivity index (χ3v) is 3.19. The molecule has 0 aliphatic heterocycles. The Hall–Kier alpha value is -3.00. The van der Waals surface area contributed by atoms with Crippen LogP contribution in [0.1, 0.15) is 11.1 Å². The molecule has 106 valence electrons. The standard InChI is InChI=1S/C20H16N2/c1-3-9-17(10-4-1)15-21-19-13-7-8-14-20(19)22-16-18-11-5-2-6-12-18/h1-16H. The lowest BCUT2D eigenvalue weighted by molar-refractivity contribution is 1.45. The van der Waals surface area contributed by atoms with E-state index in [1.165, 1.54) is 0 Å². The number of hydrogen-bond acceptors (Lipinski definition) is 2. The highest BCUT2D eigenvalue weighted by molar-refractivity contribution is 5.86. The van der Waals surface area contributed by atoms with Gasteiger partial charge in [-0.3, -0.25) is 9.98 Å². The zero-order valence-electron chi connectivity index (χ0n) is 12.1. The SMILES string of the molecule is C(=Nc1ccccc1N=Cc1ccccc1)c1ccccc1. The molecule has 0 amide bonds. The minimum Gasteiger partial charge on any atom is -0.254 e. The van der Waals surface area contributed by atoms with Gasteiger partial charge in [-0.2, -0.15) is 0 Å². The summed E-state index contributed by atoms with van der Waals surface area (Å²) < 4.78 is 0. The van der Waals surface area contributed by atoms with Gasteiger partial charge in [0.15, 0.2) is 0 Å². The Balaban J connectivity index is 1.84. The minimum absolute atomic E-state index is 0.860. The van der Waals surface area contributed by atoms with Crippen LogP contribution >= 0.6 is 0 Å². The van der Waals surface area contributed by atoms with Gasteiger partial charge in [0.05, 0.1) is 11.4 Å². The highest BCUT2D eigenvalue weighted by atomic mass is 14.8. The van der Waals surface area contributed by atoms with Gasteiger partial charge in [-0.25, -0.2) is 0 Å². The zero-order chi connectivity index (χ0) is 15.0. The Morgan fingerprint density at radius 2 is 0.818 bits per heavy atom. The summed E-state index contributed by atoms with van der Waals surface area (Å²) in [6.45, 7) is 0. The van der Waals surface area contributed by atoms with Crippen LogP contribution in [0.2, 0.25) is 0 Å². The van der Waals surface area contributed by atoms with Gasteiger partial charge in [0.25, 0.3) is 0 Å². The molecule has 0 aromatic heterocycles. The number of rotatable bonds is 4. The van der Waals surface area contributed by atoms with Crippen LogP contribution in [-0.2, 0) is 0 Å². The van der Waals surface area contributed by atoms with Crippen LogP contribution in [0.5, 0.6) is 0 Å². The number of aliphatic imine (C=N–C) groups is 2. The summed E-state index contributed by atoms with van der Waals surface area (Å²) in [4.78, 5) is 9.10. The van der Waals surface area contributed by atoms with E-state index in [2.05, 4.69) is 9.98 Å². The maximum Gasteiger partial charge on any atom is 0.0886 e. The van der Waals surface area contributed by atoms with Crippen LogP contribution < -0.4 is 0 Å². The van der Waals surface area contributed by atoms with Gasteiger partial charge < -0.3 is 0 Å². The molecule has 0 aliphatic rings. The molecule has 0 unspecified atom stereocenters. The fourth-order valence-electron chi connectivity index (χ4n) is 2.05. The molecule has 3 aromatic rings. The van der Waals surface area contributed by atoms with Crippen molar-refractivity contribution in [3.05, 3.63) is 96.1 Å². The molecule has 0 radical (unpaired) electrons. The molecule has 0 aliphatic carbocycles. The van der Waals surface area contributed by atoms with Crippen LogP contribution in [0.15, 0.2) is 94.9 Å². The fourth-order valence-corrected chi connectivity index (χ4v) is 2.05. The second-order valence-corrected chi connectivity index (χ2v) is 4.83. The second-order valence-electron chi connectivity index (χ2n) is 4.83. The van der Waals surface area contributed by atoms with Crippen molar-refractivity contribution in [1.29, 1.82) is 0 Å². The van der Waals surface area contributed by atoms with Crippen molar-refractivity contribution in [2.24, 2.45) is 9.98 Å². The van der Waals surface area contributed by atoms with E-state index in [0.717, 1.165) is 22.5 Å². The number of para-hydroxylation sites is 2. The first-order valence-corrected chi connectivity index (χ1v) is 7.19. The number of hydrogen-bond donors (Lipinski definition) is 0. The normalized spacial score (nSPS) is 11.3. The third-order valence-electron chi connectivity index (χ3n) is 3.19. The summed E-state index contributed by atoms with van der Waals surface area (Å²) in [6.07, 6.45) is 3.72. The molecule has 2 nitrogen and oxygen atoms in total. The highest BCUT2D eigenvalue weighted by Gasteiger charge is 1.97. The molecule has 3 rings (SSSR count). The van der Waals surface area contributed by atoms with E-state index in [-0.39, 0.29) is 0 Å². The lowest BCUT2D eigenvalue weighted by Gasteiger charge is -2.00. The van der Waals surface area contributed by atoms with E-state index in [1.807, 2.05) is 97.4 Å². The van der Waals surface area contributed by atoms with E-state index in [1.54, 1.807) is 0 Å². The van der Waals surface area contributed by atoms with Crippen molar-refractivity contribution in [3.8, 4) is 0 Å².